The van der Waals surface area contributed by atoms with E-state index >= 15 is 0 Å². The van der Waals surface area contributed by atoms with Crippen LogP contribution in [0.25, 0.3) is 0 Å². The third kappa shape index (κ3) is 5.17. The number of amides is 3. The zero-order chi connectivity index (χ0) is 14.5. The van der Waals surface area contributed by atoms with Crippen LogP contribution in [0.3, 0.4) is 0 Å². The topological polar surface area (TPSA) is 128 Å². The fourth-order valence-corrected chi connectivity index (χ4v) is 2.32. The molecular weight excluding hydrogens is 317 g/mol. The van der Waals surface area contributed by atoms with Crippen molar-refractivity contribution in [2.45, 2.75) is 0 Å². The second kappa shape index (κ2) is 6.42. The van der Waals surface area contributed by atoms with Crippen LogP contribution in [0.1, 0.15) is 0 Å². The molecule has 0 unspecified atom stereocenters. The molecule has 0 radical (unpaired) electrons. The standard InChI is InChI=1S/C10H14AsN3O5/c1-12-10(16)14-9(15)6-13-8-4-2-7(3-5-8)11(17,18)19/h2-5,13H,6H2,1H3,(H2,17,18,19)(H2,12,14,15,16). The number of urea groups is 1. The number of anilines is 1. The maximum atomic E-state index is 11.3. The molecule has 1 rings (SSSR count). The number of hydrogen-bond acceptors (Lipinski definition) is 4. The first-order chi connectivity index (χ1) is 8.82. The molecule has 0 spiro atoms. The Labute approximate surface area is 112 Å². The second-order valence-corrected chi connectivity index (χ2v) is 6.94. The van der Waals surface area contributed by atoms with E-state index in [1.54, 1.807) is 0 Å². The molecule has 0 saturated carbocycles. The van der Waals surface area contributed by atoms with Crippen LogP contribution in [0.5, 0.6) is 0 Å². The molecule has 5 N–H and O–H groups in total. The molecule has 0 aromatic heterocycles. The Bertz CT molecular complexity index is 510. The van der Waals surface area contributed by atoms with E-state index in [-0.39, 0.29) is 10.9 Å². The normalized spacial score (nSPS) is 10.7. The Morgan fingerprint density at radius 3 is 2.26 bits per heavy atom. The van der Waals surface area contributed by atoms with Gasteiger partial charge in [0.05, 0.1) is 0 Å². The van der Waals surface area contributed by atoms with Gasteiger partial charge in [-0.2, -0.15) is 0 Å². The number of benzene rings is 1. The summed E-state index contributed by atoms with van der Waals surface area (Å²) in [4.78, 5) is 22.1. The van der Waals surface area contributed by atoms with Crippen molar-refractivity contribution in [1.82, 2.24) is 10.6 Å². The summed E-state index contributed by atoms with van der Waals surface area (Å²) in [6.45, 7) is -0.131. The van der Waals surface area contributed by atoms with Crippen molar-refractivity contribution >= 4 is 36.1 Å². The van der Waals surface area contributed by atoms with Gasteiger partial charge in [-0.25, -0.2) is 0 Å². The van der Waals surface area contributed by atoms with Crippen molar-refractivity contribution in [2.75, 3.05) is 18.9 Å². The van der Waals surface area contributed by atoms with Crippen LogP contribution < -0.4 is 20.3 Å². The molecule has 0 heterocycles. The van der Waals surface area contributed by atoms with Gasteiger partial charge in [0.1, 0.15) is 0 Å². The average molecular weight is 331 g/mol. The van der Waals surface area contributed by atoms with Crippen molar-refractivity contribution in [1.29, 1.82) is 0 Å². The number of nitrogens with one attached hydrogen (secondary N) is 3. The van der Waals surface area contributed by atoms with E-state index in [1.807, 2.05) is 0 Å². The van der Waals surface area contributed by atoms with Gasteiger partial charge in [0.2, 0.25) is 0 Å². The fourth-order valence-electron chi connectivity index (χ4n) is 1.19. The van der Waals surface area contributed by atoms with Gasteiger partial charge >= 0.3 is 111 Å². The summed E-state index contributed by atoms with van der Waals surface area (Å²) in [5.74, 6) is -0.525. The van der Waals surface area contributed by atoms with Gasteiger partial charge in [-0.15, -0.1) is 0 Å². The Hall–Kier alpha value is -1.76. The Balaban J connectivity index is 2.53. The number of imide groups is 1. The summed E-state index contributed by atoms with van der Waals surface area (Å²) in [6.07, 6.45) is 0. The molecule has 3 amide bonds. The van der Waals surface area contributed by atoms with Gasteiger partial charge in [0, 0.05) is 0 Å². The number of carbonyl (C=O) groups is 2. The molecule has 0 aliphatic carbocycles. The summed E-state index contributed by atoms with van der Waals surface area (Å²) in [5.41, 5.74) is 0.514. The number of hydrogen-bond donors (Lipinski definition) is 5. The molecule has 1 aromatic carbocycles. The predicted molar refractivity (Wildman–Crippen MR) is 68.0 cm³/mol. The van der Waals surface area contributed by atoms with Crippen molar-refractivity contribution in [2.24, 2.45) is 0 Å². The Kier molecular flexibility index (Phi) is 5.17. The van der Waals surface area contributed by atoms with Gasteiger partial charge in [-0.05, 0) is 0 Å². The predicted octanol–water partition coefficient (Wildman–Crippen LogP) is -1.88. The maximum absolute atomic E-state index is 11.3. The van der Waals surface area contributed by atoms with Crippen LogP contribution in [0.2, 0.25) is 0 Å². The van der Waals surface area contributed by atoms with Gasteiger partial charge in [-0.1, -0.05) is 0 Å². The first-order valence-electron chi connectivity index (χ1n) is 5.24. The van der Waals surface area contributed by atoms with Crippen LogP contribution in [-0.4, -0.2) is 47.9 Å². The number of carbonyl (C=O) groups excluding carboxylic acids is 2. The molecule has 0 saturated heterocycles. The molecule has 9 heteroatoms. The average Bonchev–Trinajstić information content (AvgIpc) is 2.35. The van der Waals surface area contributed by atoms with E-state index in [0.717, 1.165) is 0 Å². The van der Waals surface area contributed by atoms with E-state index in [4.69, 9.17) is 8.19 Å². The van der Waals surface area contributed by atoms with Crippen LogP contribution in [-0.2, 0) is 8.53 Å². The van der Waals surface area contributed by atoms with Gasteiger partial charge in [-0.3, -0.25) is 0 Å². The summed E-state index contributed by atoms with van der Waals surface area (Å²) in [7, 11) is 1.39. The fraction of sp³-hybridized carbons (Fsp3) is 0.200. The van der Waals surface area contributed by atoms with E-state index in [1.165, 1.54) is 31.3 Å². The van der Waals surface area contributed by atoms with Gasteiger partial charge in [0.25, 0.3) is 0 Å². The second-order valence-electron chi connectivity index (χ2n) is 3.57. The molecule has 19 heavy (non-hydrogen) atoms. The van der Waals surface area contributed by atoms with Crippen molar-refractivity contribution in [3.63, 3.8) is 0 Å². The Morgan fingerprint density at radius 2 is 1.79 bits per heavy atom. The zero-order valence-corrected chi connectivity index (χ0v) is 12.0. The van der Waals surface area contributed by atoms with Gasteiger partial charge < -0.3 is 0 Å². The SMILES string of the molecule is CNC(=O)NC(=O)CNc1ccc([As](=O)(O)O)cc1. The van der Waals surface area contributed by atoms with Gasteiger partial charge in [0.15, 0.2) is 0 Å². The first kappa shape index (κ1) is 15.3. The molecule has 8 nitrogen and oxygen atoms in total. The van der Waals surface area contributed by atoms with Crippen LogP contribution in [0.15, 0.2) is 24.3 Å². The summed E-state index contributed by atoms with van der Waals surface area (Å²) in [6, 6.07) is 4.87. The molecule has 0 aliphatic heterocycles. The zero-order valence-electron chi connectivity index (χ0n) is 10.1. The minimum atomic E-state index is -4.87. The summed E-state index contributed by atoms with van der Waals surface area (Å²) >= 11 is -4.87. The Morgan fingerprint density at radius 1 is 1.21 bits per heavy atom. The van der Waals surface area contributed by atoms with Crippen molar-refractivity contribution in [3.8, 4) is 0 Å². The number of rotatable bonds is 4. The summed E-state index contributed by atoms with van der Waals surface area (Å²) in [5, 5.41) is 7.01. The molecule has 0 atom stereocenters. The van der Waals surface area contributed by atoms with E-state index < -0.39 is 26.1 Å². The molecule has 104 valence electrons. The van der Waals surface area contributed by atoms with Crippen molar-refractivity contribution in [3.05, 3.63) is 24.3 Å². The third-order valence-corrected chi connectivity index (χ3v) is 4.17. The van der Waals surface area contributed by atoms with Crippen LogP contribution >= 0.6 is 0 Å². The first-order valence-corrected chi connectivity index (χ1v) is 8.63. The van der Waals surface area contributed by atoms with Crippen molar-refractivity contribution < 1.29 is 21.5 Å². The third-order valence-electron chi connectivity index (χ3n) is 2.14. The van der Waals surface area contributed by atoms with E-state index in [9.17, 15) is 13.3 Å². The van der Waals surface area contributed by atoms with Crippen LogP contribution in [0.4, 0.5) is 10.5 Å². The molecule has 1 aromatic rings. The molecule has 0 bridgehead atoms. The molecule has 0 fully saturated rings. The minimum absolute atomic E-state index is 0.0431. The van der Waals surface area contributed by atoms with Crippen LogP contribution in [0, 0.1) is 0 Å². The molecular formula is C10H14AsN3O5. The molecule has 0 aliphatic rings. The summed E-state index contributed by atoms with van der Waals surface area (Å²) < 4.78 is 28.9. The quantitative estimate of drug-likeness (QED) is 0.411. The monoisotopic (exact) mass is 331 g/mol. The van der Waals surface area contributed by atoms with E-state index in [0.29, 0.717) is 5.69 Å². The van der Waals surface area contributed by atoms with E-state index in [2.05, 4.69) is 16.0 Å².